The fourth-order valence-corrected chi connectivity index (χ4v) is 3.10. The van der Waals surface area contributed by atoms with Crippen molar-refractivity contribution >= 4 is 11.8 Å². The zero-order valence-electron chi connectivity index (χ0n) is 12.2. The fourth-order valence-electron chi connectivity index (χ4n) is 3.10. The Morgan fingerprint density at radius 1 is 1.45 bits per heavy atom. The van der Waals surface area contributed by atoms with E-state index in [1.165, 1.54) is 6.20 Å². The molecule has 1 aliphatic carbocycles. The van der Waals surface area contributed by atoms with Crippen molar-refractivity contribution in [3.8, 4) is 0 Å². The molecule has 5 nitrogen and oxygen atoms in total. The molecule has 6 heteroatoms. The standard InChI is InChI=1S/C14H21FN4O/c1-9-7-19(8-14(9,20)10-4-5-10)13-16-6-11(15)12(17-13)18(2)3/h6,9-10,20H,4-5,7-8H2,1-3H3/t9-,14+/m1/s1. The number of rotatable bonds is 3. The SMILES string of the molecule is C[C@@H]1CN(c2ncc(F)c(N(C)C)n2)C[C@@]1(O)C1CC1. The van der Waals surface area contributed by atoms with Gasteiger partial charge >= 0.3 is 0 Å². The zero-order valence-corrected chi connectivity index (χ0v) is 12.2. The summed E-state index contributed by atoms with van der Waals surface area (Å²) in [6.07, 6.45) is 3.40. The number of nitrogens with zero attached hydrogens (tertiary/aromatic N) is 4. The second kappa shape index (κ2) is 4.55. The predicted molar refractivity (Wildman–Crippen MR) is 75.4 cm³/mol. The van der Waals surface area contributed by atoms with Crippen molar-refractivity contribution in [1.82, 2.24) is 9.97 Å². The van der Waals surface area contributed by atoms with Crippen molar-refractivity contribution in [2.24, 2.45) is 11.8 Å². The lowest BCUT2D eigenvalue weighted by Crippen LogP contribution is -2.39. The summed E-state index contributed by atoms with van der Waals surface area (Å²) in [7, 11) is 3.50. The maximum atomic E-state index is 13.6. The zero-order chi connectivity index (χ0) is 14.5. The third-order valence-corrected chi connectivity index (χ3v) is 4.50. The van der Waals surface area contributed by atoms with Crippen LogP contribution in [0.15, 0.2) is 6.20 Å². The summed E-state index contributed by atoms with van der Waals surface area (Å²) in [5.74, 6) is 0.939. The monoisotopic (exact) mass is 280 g/mol. The van der Waals surface area contributed by atoms with Crippen LogP contribution in [-0.2, 0) is 0 Å². The van der Waals surface area contributed by atoms with E-state index in [1.807, 2.05) is 4.90 Å². The highest BCUT2D eigenvalue weighted by atomic mass is 19.1. The van der Waals surface area contributed by atoms with Gasteiger partial charge in [0.05, 0.1) is 18.3 Å². The summed E-state index contributed by atoms with van der Waals surface area (Å²) in [6.45, 7) is 3.32. The van der Waals surface area contributed by atoms with E-state index in [1.54, 1.807) is 19.0 Å². The summed E-state index contributed by atoms with van der Waals surface area (Å²) in [5.41, 5.74) is -0.643. The molecule has 0 spiro atoms. The summed E-state index contributed by atoms with van der Waals surface area (Å²) in [5, 5.41) is 10.8. The smallest absolute Gasteiger partial charge is 0.227 e. The molecule has 0 radical (unpaired) electrons. The summed E-state index contributed by atoms with van der Waals surface area (Å²) in [6, 6.07) is 0. The molecule has 1 aromatic rings. The van der Waals surface area contributed by atoms with Gasteiger partial charge in [-0.25, -0.2) is 9.37 Å². The average molecular weight is 280 g/mol. The quantitative estimate of drug-likeness (QED) is 0.904. The molecular weight excluding hydrogens is 259 g/mol. The van der Waals surface area contributed by atoms with E-state index in [-0.39, 0.29) is 11.7 Å². The Balaban J connectivity index is 1.85. The molecule has 3 rings (SSSR count). The van der Waals surface area contributed by atoms with Crippen LogP contribution in [0.25, 0.3) is 0 Å². The number of β-amino-alcohol motifs (C(OH)–C–C–N with tert-alkyl or cyclic N) is 1. The maximum absolute atomic E-state index is 13.6. The first kappa shape index (κ1) is 13.5. The van der Waals surface area contributed by atoms with E-state index < -0.39 is 11.4 Å². The topological polar surface area (TPSA) is 52.5 Å². The highest BCUT2D eigenvalue weighted by Crippen LogP contribution is 2.47. The molecule has 1 N–H and O–H groups in total. The third kappa shape index (κ3) is 2.12. The van der Waals surface area contributed by atoms with E-state index in [2.05, 4.69) is 16.9 Å². The number of aliphatic hydroxyl groups is 1. The Morgan fingerprint density at radius 3 is 2.75 bits per heavy atom. The molecule has 1 saturated carbocycles. The Bertz CT molecular complexity index is 520. The molecule has 1 saturated heterocycles. The first-order valence-corrected chi connectivity index (χ1v) is 7.09. The molecule has 20 heavy (non-hydrogen) atoms. The second-order valence-corrected chi connectivity index (χ2v) is 6.28. The Labute approximate surface area is 118 Å². The van der Waals surface area contributed by atoms with Gasteiger partial charge in [0.2, 0.25) is 5.95 Å². The van der Waals surface area contributed by atoms with Crippen molar-refractivity contribution in [3.63, 3.8) is 0 Å². The van der Waals surface area contributed by atoms with Crippen LogP contribution < -0.4 is 9.80 Å². The second-order valence-electron chi connectivity index (χ2n) is 6.28. The number of halogens is 1. The normalized spacial score (nSPS) is 29.9. The molecule has 1 aliphatic heterocycles. The molecule has 110 valence electrons. The van der Waals surface area contributed by atoms with Crippen molar-refractivity contribution in [2.45, 2.75) is 25.4 Å². The highest BCUT2D eigenvalue weighted by molar-refractivity contribution is 5.45. The number of anilines is 2. The largest absolute Gasteiger partial charge is 0.387 e. The van der Waals surface area contributed by atoms with Crippen LogP contribution in [0.4, 0.5) is 16.2 Å². The molecule has 2 fully saturated rings. The van der Waals surface area contributed by atoms with Crippen LogP contribution >= 0.6 is 0 Å². The Morgan fingerprint density at radius 2 is 2.15 bits per heavy atom. The lowest BCUT2D eigenvalue weighted by atomic mass is 9.88. The Hall–Kier alpha value is -1.43. The fraction of sp³-hybridized carbons (Fsp3) is 0.714. The molecule has 2 aliphatic rings. The molecular formula is C14H21FN4O. The third-order valence-electron chi connectivity index (χ3n) is 4.50. The van der Waals surface area contributed by atoms with Gasteiger partial charge in [0.25, 0.3) is 0 Å². The van der Waals surface area contributed by atoms with Gasteiger partial charge < -0.3 is 14.9 Å². The van der Waals surface area contributed by atoms with Crippen LogP contribution in [-0.4, -0.2) is 47.9 Å². The molecule has 0 amide bonds. The van der Waals surface area contributed by atoms with Crippen LogP contribution in [0.3, 0.4) is 0 Å². The minimum Gasteiger partial charge on any atom is -0.387 e. The van der Waals surface area contributed by atoms with Gasteiger partial charge in [-0.1, -0.05) is 6.92 Å². The van der Waals surface area contributed by atoms with Crippen molar-refractivity contribution in [3.05, 3.63) is 12.0 Å². The molecule has 0 unspecified atom stereocenters. The van der Waals surface area contributed by atoms with Gasteiger partial charge in [-0.3, -0.25) is 0 Å². The van der Waals surface area contributed by atoms with E-state index in [4.69, 9.17) is 0 Å². The highest BCUT2D eigenvalue weighted by Gasteiger charge is 2.52. The van der Waals surface area contributed by atoms with Crippen molar-refractivity contribution < 1.29 is 9.50 Å². The van der Waals surface area contributed by atoms with Gasteiger partial charge in [0, 0.05) is 26.6 Å². The van der Waals surface area contributed by atoms with Crippen LogP contribution in [0.2, 0.25) is 0 Å². The molecule has 2 heterocycles. The minimum atomic E-state index is -0.643. The minimum absolute atomic E-state index is 0.187. The van der Waals surface area contributed by atoms with E-state index in [0.29, 0.717) is 25.0 Å². The van der Waals surface area contributed by atoms with E-state index >= 15 is 0 Å². The lowest BCUT2D eigenvalue weighted by molar-refractivity contribution is 0.00279. The molecule has 0 bridgehead atoms. The number of hydrogen-bond acceptors (Lipinski definition) is 5. The summed E-state index contributed by atoms with van der Waals surface area (Å²) >= 11 is 0. The lowest BCUT2D eigenvalue weighted by Gasteiger charge is -2.26. The van der Waals surface area contributed by atoms with Gasteiger partial charge in [-0.2, -0.15) is 4.98 Å². The van der Waals surface area contributed by atoms with Crippen LogP contribution in [0.5, 0.6) is 0 Å². The van der Waals surface area contributed by atoms with Gasteiger partial charge in [-0.05, 0) is 18.8 Å². The van der Waals surface area contributed by atoms with Gasteiger partial charge in [-0.15, -0.1) is 0 Å². The summed E-state index contributed by atoms with van der Waals surface area (Å²) in [4.78, 5) is 12.0. The van der Waals surface area contributed by atoms with Crippen molar-refractivity contribution in [2.75, 3.05) is 37.0 Å². The van der Waals surface area contributed by atoms with E-state index in [9.17, 15) is 9.50 Å². The Kier molecular flexibility index (Phi) is 3.08. The van der Waals surface area contributed by atoms with Crippen molar-refractivity contribution in [1.29, 1.82) is 0 Å². The number of aromatic nitrogens is 2. The molecule has 0 aromatic carbocycles. The first-order valence-electron chi connectivity index (χ1n) is 7.09. The molecule has 1 aromatic heterocycles. The summed E-state index contributed by atoms with van der Waals surface area (Å²) < 4.78 is 13.6. The maximum Gasteiger partial charge on any atom is 0.227 e. The van der Waals surface area contributed by atoms with Crippen LogP contribution in [0.1, 0.15) is 19.8 Å². The van der Waals surface area contributed by atoms with Crippen LogP contribution in [0, 0.1) is 17.7 Å². The van der Waals surface area contributed by atoms with Gasteiger partial charge in [0.15, 0.2) is 11.6 Å². The number of hydrogen-bond donors (Lipinski definition) is 1. The van der Waals surface area contributed by atoms with Gasteiger partial charge in [0.1, 0.15) is 0 Å². The van der Waals surface area contributed by atoms with E-state index in [0.717, 1.165) is 12.8 Å². The first-order chi connectivity index (χ1) is 9.41. The molecule has 2 atom stereocenters. The average Bonchev–Trinajstić information content (AvgIpc) is 3.18. The predicted octanol–water partition coefficient (Wildman–Crippen LogP) is 1.28.